The van der Waals surface area contributed by atoms with Crippen LogP contribution in [0.1, 0.15) is 60.2 Å². The van der Waals surface area contributed by atoms with Crippen molar-refractivity contribution >= 4 is 47.5 Å². The number of hydrogen-bond acceptors (Lipinski definition) is 8. The van der Waals surface area contributed by atoms with Gasteiger partial charge in [0.1, 0.15) is 17.2 Å². The summed E-state index contributed by atoms with van der Waals surface area (Å²) in [5.74, 6) is -0.0599. The topological polar surface area (TPSA) is 110 Å². The third kappa shape index (κ3) is 7.61. The number of carbonyl (C=O) groups excluding carboxylic acids is 3. The predicted molar refractivity (Wildman–Crippen MR) is 187 cm³/mol. The molecule has 11 heteroatoms. The van der Waals surface area contributed by atoms with E-state index in [1.807, 2.05) is 57.2 Å². The van der Waals surface area contributed by atoms with Gasteiger partial charge in [-0.3, -0.25) is 4.79 Å². The molecule has 9 nitrogen and oxygen atoms in total. The number of rotatable bonds is 9. The number of anilines is 1. The minimum Gasteiger partial charge on any atom is -0.449 e. The lowest BCUT2D eigenvalue weighted by Gasteiger charge is -2.23. The van der Waals surface area contributed by atoms with Crippen LogP contribution in [0.5, 0.6) is 0 Å². The summed E-state index contributed by atoms with van der Waals surface area (Å²) < 4.78 is 11.2. The number of nitrogens with one attached hydrogen (secondary N) is 2. The predicted octanol–water partition coefficient (Wildman–Crippen LogP) is 7.84. The number of pyridine rings is 1. The van der Waals surface area contributed by atoms with Crippen molar-refractivity contribution in [1.29, 1.82) is 0 Å². The molecule has 3 aromatic carbocycles. The van der Waals surface area contributed by atoms with Crippen molar-refractivity contribution in [3.8, 4) is 11.1 Å². The zero-order chi connectivity index (χ0) is 33.8. The van der Waals surface area contributed by atoms with Gasteiger partial charge in [-0.2, -0.15) is 0 Å². The second kappa shape index (κ2) is 14.3. The largest absolute Gasteiger partial charge is 0.449 e. The Balaban J connectivity index is 1.18. The maximum atomic E-state index is 13.1. The molecule has 1 atom stereocenters. The number of amides is 2. The molecule has 1 aliphatic carbocycles. The molecular formula is C37H37ClN4O5S. The molecule has 1 unspecified atom stereocenters. The zero-order valence-electron chi connectivity index (χ0n) is 27.0. The van der Waals surface area contributed by atoms with Crippen molar-refractivity contribution in [2.24, 2.45) is 0 Å². The van der Waals surface area contributed by atoms with Gasteiger partial charge in [0.2, 0.25) is 0 Å². The number of carbonyl (C=O) groups is 3. The molecule has 1 fully saturated rings. The van der Waals surface area contributed by atoms with Gasteiger partial charge in [-0.15, -0.1) is 0 Å². The van der Waals surface area contributed by atoms with Gasteiger partial charge in [0, 0.05) is 47.9 Å². The van der Waals surface area contributed by atoms with Crippen molar-refractivity contribution in [1.82, 2.24) is 15.6 Å². The summed E-state index contributed by atoms with van der Waals surface area (Å²) in [6, 6.07) is 23.5. The normalized spacial score (nSPS) is 15.4. The van der Waals surface area contributed by atoms with Crippen LogP contribution in [0, 0.1) is 0 Å². The van der Waals surface area contributed by atoms with Crippen LogP contribution in [0.15, 0.2) is 88.9 Å². The van der Waals surface area contributed by atoms with Crippen molar-refractivity contribution in [3.05, 3.63) is 106 Å². The number of aldehydes is 1. The van der Waals surface area contributed by atoms with E-state index in [-0.39, 0.29) is 25.1 Å². The zero-order valence-corrected chi connectivity index (χ0v) is 28.6. The van der Waals surface area contributed by atoms with Crippen LogP contribution in [0.25, 0.3) is 11.1 Å². The number of hydrogen-bond donors (Lipinski definition) is 2. The van der Waals surface area contributed by atoms with E-state index in [0.717, 1.165) is 46.2 Å². The Bertz CT molecular complexity index is 1800. The van der Waals surface area contributed by atoms with E-state index in [0.29, 0.717) is 33.6 Å². The van der Waals surface area contributed by atoms with Gasteiger partial charge in [0.05, 0.1) is 11.1 Å². The number of nitrogens with zero attached hydrogens (tertiary/aromatic N) is 2. The Morgan fingerprint density at radius 1 is 1.02 bits per heavy atom. The molecular weight excluding hydrogens is 648 g/mol. The molecule has 48 heavy (non-hydrogen) atoms. The van der Waals surface area contributed by atoms with Crippen molar-refractivity contribution in [3.63, 3.8) is 0 Å². The monoisotopic (exact) mass is 684 g/mol. The average molecular weight is 685 g/mol. The molecule has 2 amide bonds. The minimum absolute atomic E-state index is 0.0599. The van der Waals surface area contributed by atoms with E-state index in [4.69, 9.17) is 21.1 Å². The van der Waals surface area contributed by atoms with Crippen molar-refractivity contribution in [2.75, 3.05) is 24.6 Å². The first-order valence-corrected chi connectivity index (χ1v) is 17.0. The fourth-order valence-electron chi connectivity index (χ4n) is 6.14. The Morgan fingerprint density at radius 2 is 1.73 bits per heavy atom. The first-order chi connectivity index (χ1) is 23.1. The summed E-state index contributed by atoms with van der Waals surface area (Å²) in [7, 11) is 0. The van der Waals surface area contributed by atoms with Crippen LogP contribution in [0.3, 0.4) is 0 Å². The van der Waals surface area contributed by atoms with Crippen LogP contribution >= 0.6 is 23.4 Å². The van der Waals surface area contributed by atoms with Crippen LogP contribution in [0.2, 0.25) is 5.02 Å². The maximum absolute atomic E-state index is 13.1. The SMILES string of the molecule is CC(C)(C)OC(=O)NC1CCN(c2cc(Cl)c(Sc3ncccc3C=O)c(CNC(=O)OCC3c4ccccc4-c4ccccc43)c2)C1. The number of fused-ring (bicyclic) bond motifs is 3. The van der Waals surface area contributed by atoms with Crippen LogP contribution < -0.4 is 15.5 Å². The third-order valence-corrected chi connectivity index (χ3v) is 9.90. The maximum Gasteiger partial charge on any atom is 0.407 e. The molecule has 0 radical (unpaired) electrons. The highest BCUT2D eigenvalue weighted by atomic mass is 35.5. The fraction of sp³-hybridized carbons (Fsp3) is 0.297. The third-order valence-electron chi connectivity index (χ3n) is 8.27. The van der Waals surface area contributed by atoms with Gasteiger partial charge >= 0.3 is 12.2 Å². The quantitative estimate of drug-likeness (QED) is 0.172. The number of ether oxygens (including phenoxy) is 2. The Morgan fingerprint density at radius 3 is 2.42 bits per heavy atom. The number of halogens is 1. The minimum atomic E-state index is -0.587. The summed E-state index contributed by atoms with van der Waals surface area (Å²) >= 11 is 8.18. The average Bonchev–Trinajstić information content (AvgIpc) is 3.65. The summed E-state index contributed by atoms with van der Waals surface area (Å²) in [5.41, 5.74) is 6.02. The standard InChI is InChI=1S/C37H37ClN4O5S/c1-37(2,3)47-36(45)41-25-14-16-42(20-25)26-17-24(33(32(38)18-26)48-34-23(21-43)9-8-15-39-34)19-40-35(44)46-22-31-29-12-6-4-10-27(29)28-11-5-7-13-30(28)31/h4-13,15,17-18,21,25,31H,14,16,19-20,22H2,1-3H3,(H,40,44)(H,41,45). The summed E-state index contributed by atoms with van der Waals surface area (Å²) in [6.07, 6.45) is 2.11. The van der Waals surface area contributed by atoms with E-state index < -0.39 is 17.8 Å². The molecule has 6 rings (SSSR count). The van der Waals surface area contributed by atoms with Crippen LogP contribution in [-0.4, -0.2) is 54.8 Å². The highest BCUT2D eigenvalue weighted by Crippen LogP contribution is 2.44. The smallest absolute Gasteiger partial charge is 0.407 e. The molecule has 1 saturated heterocycles. The molecule has 0 bridgehead atoms. The lowest BCUT2D eigenvalue weighted by atomic mass is 9.98. The van der Waals surface area contributed by atoms with Gasteiger partial charge in [0.25, 0.3) is 0 Å². The molecule has 1 aromatic heterocycles. The first kappa shape index (κ1) is 33.4. The van der Waals surface area contributed by atoms with Crippen LogP contribution in [-0.2, 0) is 16.0 Å². The van der Waals surface area contributed by atoms with Crippen molar-refractivity contribution < 1.29 is 23.9 Å². The van der Waals surface area contributed by atoms with Gasteiger partial charge in [-0.05, 0) is 79.3 Å². The first-order valence-electron chi connectivity index (χ1n) is 15.8. The van der Waals surface area contributed by atoms with Crippen molar-refractivity contribution in [2.45, 2.75) is 61.2 Å². The lowest BCUT2D eigenvalue weighted by molar-refractivity contribution is 0.0508. The van der Waals surface area contributed by atoms with E-state index in [1.165, 1.54) is 11.8 Å². The van der Waals surface area contributed by atoms with E-state index in [1.54, 1.807) is 18.3 Å². The molecule has 2 heterocycles. The molecule has 4 aromatic rings. The molecule has 2 N–H and O–H groups in total. The Hall–Kier alpha value is -4.54. The van der Waals surface area contributed by atoms with Gasteiger partial charge in [-0.1, -0.05) is 71.9 Å². The molecule has 248 valence electrons. The second-order valence-electron chi connectivity index (χ2n) is 12.8. The summed E-state index contributed by atoms with van der Waals surface area (Å²) in [5, 5.41) is 6.83. The second-order valence-corrected chi connectivity index (χ2v) is 14.2. The molecule has 2 aliphatic rings. The van der Waals surface area contributed by atoms with Gasteiger partial charge in [-0.25, -0.2) is 14.6 Å². The molecule has 0 spiro atoms. The Kier molecular flexibility index (Phi) is 9.93. The van der Waals surface area contributed by atoms with Crippen LogP contribution in [0.4, 0.5) is 15.3 Å². The lowest BCUT2D eigenvalue weighted by Crippen LogP contribution is -2.40. The van der Waals surface area contributed by atoms with Gasteiger partial charge in [0.15, 0.2) is 6.29 Å². The number of alkyl carbamates (subject to hydrolysis) is 2. The van der Waals surface area contributed by atoms with E-state index in [9.17, 15) is 14.4 Å². The van der Waals surface area contributed by atoms with E-state index in [2.05, 4.69) is 44.8 Å². The van der Waals surface area contributed by atoms with E-state index >= 15 is 0 Å². The molecule has 1 aliphatic heterocycles. The summed E-state index contributed by atoms with van der Waals surface area (Å²) in [4.78, 5) is 44.5. The fourth-order valence-corrected chi connectivity index (χ4v) is 7.45. The number of aromatic nitrogens is 1. The molecule has 0 saturated carbocycles. The van der Waals surface area contributed by atoms with Gasteiger partial charge < -0.3 is 25.0 Å². The summed E-state index contributed by atoms with van der Waals surface area (Å²) in [6.45, 7) is 7.07. The number of benzene rings is 3. The Labute approximate surface area is 289 Å². The highest BCUT2D eigenvalue weighted by Gasteiger charge is 2.30. The highest BCUT2D eigenvalue weighted by molar-refractivity contribution is 7.99.